The minimum Gasteiger partial charge on any atom is -0.497 e. The van der Waals surface area contributed by atoms with E-state index in [-0.39, 0.29) is 19.2 Å². The van der Waals surface area contributed by atoms with Gasteiger partial charge in [0.05, 0.1) is 13.7 Å². The lowest BCUT2D eigenvalue weighted by atomic mass is 9.95. The summed E-state index contributed by atoms with van der Waals surface area (Å²) in [7, 11) is 1.54. The number of methoxy groups -OCH3 is 1. The normalized spacial score (nSPS) is 14.8. The highest BCUT2D eigenvalue weighted by molar-refractivity contribution is 5.94. The zero-order chi connectivity index (χ0) is 17.2. The standard InChI is InChI=1S/C18H19NO5/c1-18(21,13-6-7-15-16(9-13)24-11-23-15)10-19-17(20)12-4-3-5-14(8-12)22-2/h3-9,21H,10-11H2,1-2H3,(H,19,20). The van der Waals surface area contributed by atoms with Gasteiger partial charge >= 0.3 is 0 Å². The van der Waals surface area contributed by atoms with Crippen molar-refractivity contribution in [3.05, 3.63) is 53.6 Å². The molecule has 6 heteroatoms. The highest BCUT2D eigenvalue weighted by Crippen LogP contribution is 2.35. The van der Waals surface area contributed by atoms with E-state index in [0.29, 0.717) is 28.4 Å². The Morgan fingerprint density at radius 1 is 1.25 bits per heavy atom. The van der Waals surface area contributed by atoms with E-state index in [0.717, 1.165) is 0 Å². The van der Waals surface area contributed by atoms with Gasteiger partial charge in [0.15, 0.2) is 11.5 Å². The van der Waals surface area contributed by atoms with Crippen molar-refractivity contribution in [2.45, 2.75) is 12.5 Å². The molecule has 126 valence electrons. The summed E-state index contributed by atoms with van der Waals surface area (Å²) in [4.78, 5) is 12.3. The maximum absolute atomic E-state index is 12.3. The van der Waals surface area contributed by atoms with Crippen molar-refractivity contribution in [2.75, 3.05) is 20.4 Å². The van der Waals surface area contributed by atoms with Crippen LogP contribution in [0, 0.1) is 0 Å². The third-order valence-corrected chi connectivity index (χ3v) is 3.92. The lowest BCUT2D eigenvalue weighted by molar-refractivity contribution is 0.0524. The molecule has 24 heavy (non-hydrogen) atoms. The maximum Gasteiger partial charge on any atom is 0.251 e. The van der Waals surface area contributed by atoms with Crippen molar-refractivity contribution in [1.29, 1.82) is 0 Å². The SMILES string of the molecule is COc1cccc(C(=O)NCC(C)(O)c2ccc3c(c2)OCO3)c1. The fraction of sp³-hybridized carbons (Fsp3) is 0.278. The van der Waals surface area contributed by atoms with Crippen LogP contribution in [0.1, 0.15) is 22.8 Å². The summed E-state index contributed by atoms with van der Waals surface area (Å²) in [5.41, 5.74) is -0.135. The molecule has 1 heterocycles. The average molecular weight is 329 g/mol. The van der Waals surface area contributed by atoms with Gasteiger partial charge in [-0.15, -0.1) is 0 Å². The van der Waals surface area contributed by atoms with Crippen LogP contribution in [0.4, 0.5) is 0 Å². The van der Waals surface area contributed by atoms with Crippen molar-refractivity contribution in [3.63, 3.8) is 0 Å². The van der Waals surface area contributed by atoms with Gasteiger partial charge in [-0.25, -0.2) is 0 Å². The van der Waals surface area contributed by atoms with E-state index in [2.05, 4.69) is 5.32 Å². The molecular weight excluding hydrogens is 310 g/mol. The minimum atomic E-state index is -1.24. The Morgan fingerprint density at radius 2 is 2.04 bits per heavy atom. The summed E-state index contributed by atoms with van der Waals surface area (Å²) < 4.78 is 15.7. The number of hydrogen-bond acceptors (Lipinski definition) is 5. The molecule has 1 amide bonds. The van der Waals surface area contributed by atoms with Gasteiger partial charge < -0.3 is 24.6 Å². The van der Waals surface area contributed by atoms with E-state index in [1.54, 1.807) is 56.5 Å². The molecular formula is C18H19NO5. The molecule has 2 N–H and O–H groups in total. The molecule has 2 aromatic rings. The maximum atomic E-state index is 12.3. The second-order valence-electron chi connectivity index (χ2n) is 5.76. The van der Waals surface area contributed by atoms with Crippen molar-refractivity contribution < 1.29 is 24.1 Å². The molecule has 0 spiro atoms. The Morgan fingerprint density at radius 3 is 2.83 bits per heavy atom. The molecule has 6 nitrogen and oxygen atoms in total. The second-order valence-corrected chi connectivity index (χ2v) is 5.76. The molecule has 1 aliphatic heterocycles. The smallest absolute Gasteiger partial charge is 0.251 e. The van der Waals surface area contributed by atoms with Crippen LogP contribution < -0.4 is 19.5 Å². The molecule has 1 atom stereocenters. The fourth-order valence-corrected chi connectivity index (χ4v) is 2.45. The highest BCUT2D eigenvalue weighted by Gasteiger charge is 2.26. The third kappa shape index (κ3) is 3.28. The molecule has 0 aromatic heterocycles. The quantitative estimate of drug-likeness (QED) is 0.878. The number of amides is 1. The third-order valence-electron chi connectivity index (χ3n) is 3.92. The Labute approximate surface area is 140 Å². The lowest BCUT2D eigenvalue weighted by Crippen LogP contribution is -2.38. The predicted molar refractivity (Wildman–Crippen MR) is 87.5 cm³/mol. The topological polar surface area (TPSA) is 77.0 Å². The molecule has 0 saturated heterocycles. The van der Waals surface area contributed by atoms with Gasteiger partial charge in [0, 0.05) is 5.56 Å². The van der Waals surface area contributed by atoms with Crippen molar-refractivity contribution in [1.82, 2.24) is 5.32 Å². The number of fused-ring (bicyclic) bond motifs is 1. The van der Waals surface area contributed by atoms with Crippen LogP contribution in [0.25, 0.3) is 0 Å². The number of nitrogens with one attached hydrogen (secondary N) is 1. The van der Waals surface area contributed by atoms with E-state index < -0.39 is 5.60 Å². The molecule has 0 aliphatic carbocycles. The molecule has 3 rings (SSSR count). The molecule has 1 aliphatic rings. The summed E-state index contributed by atoms with van der Waals surface area (Å²) >= 11 is 0. The van der Waals surface area contributed by atoms with Crippen LogP contribution in [-0.2, 0) is 5.60 Å². The molecule has 2 aromatic carbocycles. The number of ether oxygens (including phenoxy) is 3. The van der Waals surface area contributed by atoms with Crippen molar-refractivity contribution in [2.24, 2.45) is 0 Å². The van der Waals surface area contributed by atoms with Crippen molar-refractivity contribution >= 4 is 5.91 Å². The fourth-order valence-electron chi connectivity index (χ4n) is 2.45. The van der Waals surface area contributed by atoms with Crippen LogP contribution in [0.5, 0.6) is 17.2 Å². The van der Waals surface area contributed by atoms with Crippen LogP contribution >= 0.6 is 0 Å². The van der Waals surface area contributed by atoms with E-state index in [1.165, 1.54) is 0 Å². The molecule has 0 fully saturated rings. The first-order valence-corrected chi connectivity index (χ1v) is 7.54. The number of rotatable bonds is 5. The van der Waals surface area contributed by atoms with Crippen LogP contribution in [0.15, 0.2) is 42.5 Å². The van der Waals surface area contributed by atoms with Gasteiger partial charge in [-0.1, -0.05) is 12.1 Å². The zero-order valence-corrected chi connectivity index (χ0v) is 13.5. The molecule has 0 radical (unpaired) electrons. The Hall–Kier alpha value is -2.73. The van der Waals surface area contributed by atoms with E-state index in [9.17, 15) is 9.90 Å². The van der Waals surface area contributed by atoms with E-state index in [4.69, 9.17) is 14.2 Å². The average Bonchev–Trinajstić information content (AvgIpc) is 3.07. The number of carbonyl (C=O) groups excluding carboxylic acids is 1. The van der Waals surface area contributed by atoms with Gasteiger partial charge in [-0.2, -0.15) is 0 Å². The predicted octanol–water partition coefficient (Wildman–Crippen LogP) is 2.06. The Kier molecular flexibility index (Phi) is 4.31. The summed E-state index contributed by atoms with van der Waals surface area (Å²) in [5, 5.41) is 13.4. The molecule has 0 bridgehead atoms. The zero-order valence-electron chi connectivity index (χ0n) is 13.5. The first-order valence-electron chi connectivity index (χ1n) is 7.54. The van der Waals surface area contributed by atoms with Crippen LogP contribution in [0.2, 0.25) is 0 Å². The monoisotopic (exact) mass is 329 g/mol. The van der Waals surface area contributed by atoms with Gasteiger partial charge in [0.25, 0.3) is 5.91 Å². The molecule has 1 unspecified atom stereocenters. The largest absolute Gasteiger partial charge is 0.497 e. The van der Waals surface area contributed by atoms with Crippen molar-refractivity contribution in [3.8, 4) is 17.2 Å². The van der Waals surface area contributed by atoms with Crippen LogP contribution in [0.3, 0.4) is 0 Å². The summed E-state index contributed by atoms with van der Waals surface area (Å²) in [6.07, 6.45) is 0. The number of aliphatic hydroxyl groups is 1. The molecule has 0 saturated carbocycles. The summed E-state index contributed by atoms with van der Waals surface area (Å²) in [6, 6.07) is 12.1. The lowest BCUT2D eigenvalue weighted by Gasteiger charge is -2.24. The number of carbonyl (C=O) groups is 1. The van der Waals surface area contributed by atoms with E-state index in [1.807, 2.05) is 0 Å². The number of hydrogen-bond donors (Lipinski definition) is 2. The second kappa shape index (κ2) is 6.41. The first kappa shape index (κ1) is 16.1. The van der Waals surface area contributed by atoms with E-state index >= 15 is 0 Å². The van der Waals surface area contributed by atoms with Gasteiger partial charge in [-0.05, 0) is 42.8 Å². The van der Waals surface area contributed by atoms with Gasteiger partial charge in [0.1, 0.15) is 11.4 Å². The minimum absolute atomic E-state index is 0.0582. The Balaban J connectivity index is 1.69. The highest BCUT2D eigenvalue weighted by atomic mass is 16.7. The Bertz CT molecular complexity index is 757. The van der Waals surface area contributed by atoms with Gasteiger partial charge in [-0.3, -0.25) is 4.79 Å². The first-order chi connectivity index (χ1) is 11.5. The summed E-state index contributed by atoms with van der Waals surface area (Å²) in [6.45, 7) is 1.87. The van der Waals surface area contributed by atoms with Crippen LogP contribution in [-0.4, -0.2) is 31.5 Å². The van der Waals surface area contributed by atoms with Gasteiger partial charge in [0.2, 0.25) is 6.79 Å². The summed E-state index contributed by atoms with van der Waals surface area (Å²) in [5.74, 6) is 1.56. The number of benzene rings is 2.